The number of rotatable bonds is 2. The number of nitrogens with zero attached hydrogens (tertiary/aromatic N) is 3. The van der Waals surface area contributed by atoms with Gasteiger partial charge in [0.05, 0.1) is 6.20 Å². The van der Waals surface area contributed by atoms with E-state index < -0.39 is 0 Å². The molecule has 104 valence electrons. The number of hydrogen-bond donors (Lipinski definition) is 1. The van der Waals surface area contributed by atoms with Crippen LogP contribution in [0.4, 0.5) is 5.82 Å². The van der Waals surface area contributed by atoms with Gasteiger partial charge < -0.3 is 5.32 Å². The fourth-order valence-corrected chi connectivity index (χ4v) is 2.74. The number of fused-ring (bicyclic) bond motifs is 1. The van der Waals surface area contributed by atoms with Crippen LogP contribution in [0.2, 0.25) is 0 Å². The van der Waals surface area contributed by atoms with Crippen LogP contribution in [0.15, 0.2) is 24.5 Å². The SMILES string of the molecule is CC(=O)Nc1cc(-c2cnn3c2CC(C)(C)C3)ccn1. The molecule has 1 aliphatic rings. The molecular formula is C15H18N4O. The first kappa shape index (κ1) is 12.8. The van der Waals surface area contributed by atoms with Crippen molar-refractivity contribution in [2.24, 2.45) is 5.41 Å². The molecular weight excluding hydrogens is 252 g/mol. The summed E-state index contributed by atoms with van der Waals surface area (Å²) >= 11 is 0. The zero-order valence-corrected chi connectivity index (χ0v) is 12.0. The summed E-state index contributed by atoms with van der Waals surface area (Å²) in [4.78, 5) is 15.3. The fourth-order valence-electron chi connectivity index (χ4n) is 2.74. The normalized spacial score (nSPS) is 15.9. The molecule has 0 unspecified atom stereocenters. The molecule has 0 spiro atoms. The second-order valence-corrected chi connectivity index (χ2v) is 6.11. The third-order valence-electron chi connectivity index (χ3n) is 3.55. The van der Waals surface area contributed by atoms with E-state index in [1.54, 1.807) is 6.20 Å². The first-order valence-corrected chi connectivity index (χ1v) is 6.73. The third kappa shape index (κ3) is 2.31. The van der Waals surface area contributed by atoms with Gasteiger partial charge in [0, 0.05) is 30.9 Å². The van der Waals surface area contributed by atoms with Crippen molar-refractivity contribution in [2.75, 3.05) is 5.32 Å². The van der Waals surface area contributed by atoms with Crippen molar-refractivity contribution in [1.82, 2.24) is 14.8 Å². The number of hydrogen-bond acceptors (Lipinski definition) is 3. The number of anilines is 1. The molecule has 2 aromatic heterocycles. The van der Waals surface area contributed by atoms with Crippen LogP contribution >= 0.6 is 0 Å². The Labute approximate surface area is 118 Å². The van der Waals surface area contributed by atoms with E-state index in [2.05, 4.69) is 33.9 Å². The molecule has 3 heterocycles. The minimum absolute atomic E-state index is 0.115. The lowest BCUT2D eigenvalue weighted by Crippen LogP contribution is -2.12. The summed E-state index contributed by atoms with van der Waals surface area (Å²) in [5.74, 6) is 0.461. The van der Waals surface area contributed by atoms with Gasteiger partial charge >= 0.3 is 0 Å². The predicted octanol–water partition coefficient (Wildman–Crippen LogP) is 2.49. The maximum absolute atomic E-state index is 11.1. The third-order valence-corrected chi connectivity index (χ3v) is 3.55. The standard InChI is InChI=1S/C15H18N4O/c1-10(20)18-14-6-11(4-5-16-14)12-8-17-19-9-15(2,3)7-13(12)19/h4-6,8H,7,9H2,1-3H3,(H,16,18,20). The molecule has 0 saturated carbocycles. The zero-order valence-electron chi connectivity index (χ0n) is 12.0. The molecule has 0 fully saturated rings. The average Bonchev–Trinajstić information content (AvgIpc) is 2.83. The summed E-state index contributed by atoms with van der Waals surface area (Å²) in [6.45, 7) is 6.93. The van der Waals surface area contributed by atoms with Crippen molar-refractivity contribution in [1.29, 1.82) is 0 Å². The molecule has 3 rings (SSSR count). The topological polar surface area (TPSA) is 59.8 Å². The van der Waals surface area contributed by atoms with Gasteiger partial charge in [-0.15, -0.1) is 0 Å². The fraction of sp³-hybridized carbons (Fsp3) is 0.400. The van der Waals surface area contributed by atoms with Crippen molar-refractivity contribution >= 4 is 11.7 Å². The smallest absolute Gasteiger partial charge is 0.222 e. The lowest BCUT2D eigenvalue weighted by atomic mass is 9.90. The van der Waals surface area contributed by atoms with Gasteiger partial charge in [0.1, 0.15) is 5.82 Å². The Morgan fingerprint density at radius 3 is 3.00 bits per heavy atom. The second-order valence-electron chi connectivity index (χ2n) is 6.11. The Morgan fingerprint density at radius 1 is 1.45 bits per heavy atom. The number of carbonyl (C=O) groups is 1. The van der Waals surface area contributed by atoms with Crippen molar-refractivity contribution in [3.8, 4) is 11.1 Å². The molecule has 0 radical (unpaired) electrons. The lowest BCUT2D eigenvalue weighted by molar-refractivity contribution is -0.114. The van der Waals surface area contributed by atoms with E-state index in [9.17, 15) is 4.79 Å². The Morgan fingerprint density at radius 2 is 2.25 bits per heavy atom. The van der Waals surface area contributed by atoms with Crippen LogP contribution in [0.3, 0.4) is 0 Å². The van der Waals surface area contributed by atoms with E-state index in [1.165, 1.54) is 12.6 Å². The Bertz CT molecular complexity index is 672. The predicted molar refractivity (Wildman–Crippen MR) is 77.2 cm³/mol. The molecule has 0 atom stereocenters. The first-order chi connectivity index (χ1) is 9.44. The highest BCUT2D eigenvalue weighted by molar-refractivity contribution is 5.88. The van der Waals surface area contributed by atoms with Gasteiger partial charge in [0.2, 0.25) is 5.91 Å². The van der Waals surface area contributed by atoms with Crippen LogP contribution in [0.5, 0.6) is 0 Å². The quantitative estimate of drug-likeness (QED) is 0.912. The monoisotopic (exact) mass is 270 g/mol. The Balaban J connectivity index is 1.97. The molecule has 1 amide bonds. The molecule has 1 N–H and O–H groups in total. The molecule has 0 aromatic carbocycles. The number of pyridine rings is 1. The van der Waals surface area contributed by atoms with Crippen LogP contribution in [0, 0.1) is 5.41 Å². The van der Waals surface area contributed by atoms with Crippen LogP contribution < -0.4 is 5.32 Å². The summed E-state index contributed by atoms with van der Waals surface area (Å²) in [6, 6.07) is 3.85. The number of nitrogens with one attached hydrogen (secondary N) is 1. The van der Waals surface area contributed by atoms with Gasteiger partial charge in [-0.1, -0.05) is 13.8 Å². The van der Waals surface area contributed by atoms with Crippen LogP contribution in [0.25, 0.3) is 11.1 Å². The molecule has 0 bridgehead atoms. The van der Waals surface area contributed by atoms with Crippen LogP contribution in [-0.2, 0) is 17.8 Å². The highest BCUT2D eigenvalue weighted by Gasteiger charge is 2.31. The largest absolute Gasteiger partial charge is 0.311 e. The molecule has 5 heteroatoms. The summed E-state index contributed by atoms with van der Waals surface area (Å²) < 4.78 is 2.08. The molecule has 1 aliphatic heterocycles. The van der Waals surface area contributed by atoms with Crippen molar-refractivity contribution in [2.45, 2.75) is 33.7 Å². The van der Waals surface area contributed by atoms with Crippen LogP contribution in [0.1, 0.15) is 26.5 Å². The van der Waals surface area contributed by atoms with Gasteiger partial charge in [-0.25, -0.2) is 4.98 Å². The van der Waals surface area contributed by atoms with Gasteiger partial charge in [0.25, 0.3) is 0 Å². The number of amides is 1. The summed E-state index contributed by atoms with van der Waals surface area (Å²) in [5, 5.41) is 7.18. The van der Waals surface area contributed by atoms with Crippen molar-refractivity contribution in [3.05, 3.63) is 30.2 Å². The van der Waals surface area contributed by atoms with E-state index in [-0.39, 0.29) is 11.3 Å². The average molecular weight is 270 g/mol. The highest BCUT2D eigenvalue weighted by Crippen LogP contribution is 2.36. The van der Waals surface area contributed by atoms with Crippen molar-refractivity contribution < 1.29 is 4.79 Å². The van der Waals surface area contributed by atoms with Gasteiger partial charge in [0.15, 0.2) is 0 Å². The van der Waals surface area contributed by atoms with E-state index in [0.29, 0.717) is 5.82 Å². The van der Waals surface area contributed by atoms with E-state index in [4.69, 9.17) is 0 Å². The minimum Gasteiger partial charge on any atom is -0.311 e. The van der Waals surface area contributed by atoms with Gasteiger partial charge in [-0.3, -0.25) is 9.48 Å². The van der Waals surface area contributed by atoms with Gasteiger partial charge in [-0.2, -0.15) is 5.10 Å². The molecule has 5 nitrogen and oxygen atoms in total. The highest BCUT2D eigenvalue weighted by atomic mass is 16.1. The summed E-state index contributed by atoms with van der Waals surface area (Å²) in [5.41, 5.74) is 3.69. The summed E-state index contributed by atoms with van der Waals surface area (Å²) in [7, 11) is 0. The number of carbonyl (C=O) groups excluding carboxylic acids is 1. The first-order valence-electron chi connectivity index (χ1n) is 6.73. The second kappa shape index (κ2) is 4.44. The molecule has 2 aromatic rings. The van der Waals surface area contributed by atoms with Crippen molar-refractivity contribution in [3.63, 3.8) is 0 Å². The maximum atomic E-state index is 11.1. The molecule has 0 aliphatic carbocycles. The van der Waals surface area contributed by atoms with Crippen LogP contribution in [-0.4, -0.2) is 20.7 Å². The molecule has 0 saturated heterocycles. The maximum Gasteiger partial charge on any atom is 0.222 e. The van der Waals surface area contributed by atoms with E-state index in [0.717, 1.165) is 24.1 Å². The summed E-state index contributed by atoms with van der Waals surface area (Å²) in [6.07, 6.45) is 4.63. The van der Waals surface area contributed by atoms with E-state index >= 15 is 0 Å². The zero-order chi connectivity index (χ0) is 14.3. The lowest BCUT2D eigenvalue weighted by Gasteiger charge is -2.14. The van der Waals surface area contributed by atoms with E-state index in [1.807, 2.05) is 18.3 Å². The Hall–Kier alpha value is -2.17. The molecule has 20 heavy (non-hydrogen) atoms. The Kier molecular flexibility index (Phi) is 2.85. The van der Waals surface area contributed by atoms with Gasteiger partial charge in [-0.05, 0) is 29.5 Å². The minimum atomic E-state index is -0.115. The number of aromatic nitrogens is 3.